The van der Waals surface area contributed by atoms with Crippen LogP contribution in [0.15, 0.2) is 18.3 Å². The number of likely N-dealkylation sites (tertiary alicyclic amines) is 1. The molecule has 23 heavy (non-hydrogen) atoms. The molecular weight excluding hydrogens is 292 g/mol. The minimum Gasteiger partial charge on any atom is -0.478 e. The van der Waals surface area contributed by atoms with Gasteiger partial charge in [0.25, 0.3) is 0 Å². The summed E-state index contributed by atoms with van der Waals surface area (Å²) >= 11 is 0. The maximum atomic E-state index is 10.9. The molecule has 0 unspecified atom stereocenters. The van der Waals surface area contributed by atoms with Gasteiger partial charge in [-0.05, 0) is 77.1 Å². The van der Waals surface area contributed by atoms with Crippen molar-refractivity contribution in [2.45, 2.75) is 32.2 Å². The summed E-state index contributed by atoms with van der Waals surface area (Å²) in [4.78, 5) is 17.6. The van der Waals surface area contributed by atoms with Crippen molar-refractivity contribution in [2.24, 2.45) is 0 Å². The Balaban J connectivity index is 1.44. The normalized spacial score (nSPS) is 15.1. The number of hydrogen-bond donors (Lipinski definition) is 3. The van der Waals surface area contributed by atoms with E-state index in [1.165, 1.54) is 45.0 Å². The van der Waals surface area contributed by atoms with Crippen molar-refractivity contribution in [3.05, 3.63) is 29.6 Å². The summed E-state index contributed by atoms with van der Waals surface area (Å²) in [5.41, 5.74) is 1.06. The number of carbonyl (C=O) groups is 1. The lowest BCUT2D eigenvalue weighted by Gasteiger charge is -2.14. The maximum absolute atomic E-state index is 10.9. The van der Waals surface area contributed by atoms with Crippen LogP contribution in [-0.4, -0.2) is 60.2 Å². The molecule has 0 aromatic carbocycles. The molecule has 6 heteroatoms. The van der Waals surface area contributed by atoms with E-state index in [4.69, 9.17) is 5.11 Å². The molecule has 1 fully saturated rings. The first-order valence-corrected chi connectivity index (χ1v) is 8.58. The highest BCUT2D eigenvalue weighted by Gasteiger charge is 2.09. The first-order valence-electron chi connectivity index (χ1n) is 8.58. The number of rotatable bonds is 11. The van der Waals surface area contributed by atoms with Crippen LogP contribution >= 0.6 is 0 Å². The van der Waals surface area contributed by atoms with Gasteiger partial charge in [0.15, 0.2) is 0 Å². The molecule has 1 saturated heterocycles. The van der Waals surface area contributed by atoms with Crippen molar-refractivity contribution in [3.63, 3.8) is 0 Å². The number of carboxylic acid groups (broad SMARTS) is 1. The van der Waals surface area contributed by atoms with Gasteiger partial charge in [-0.3, -0.25) is 4.98 Å². The lowest BCUT2D eigenvalue weighted by molar-refractivity contribution is 0.0696. The maximum Gasteiger partial charge on any atom is 0.335 e. The van der Waals surface area contributed by atoms with Crippen LogP contribution in [0.2, 0.25) is 0 Å². The van der Waals surface area contributed by atoms with Gasteiger partial charge in [-0.1, -0.05) is 0 Å². The van der Waals surface area contributed by atoms with Crippen LogP contribution in [0, 0.1) is 0 Å². The Hall–Kier alpha value is -1.50. The van der Waals surface area contributed by atoms with E-state index < -0.39 is 5.97 Å². The number of aromatic nitrogens is 1. The summed E-state index contributed by atoms with van der Waals surface area (Å²) in [5, 5.41) is 15.7. The second-order valence-electron chi connectivity index (χ2n) is 6.02. The zero-order valence-corrected chi connectivity index (χ0v) is 13.8. The molecule has 1 aromatic rings. The molecule has 1 aliphatic rings. The lowest BCUT2D eigenvalue weighted by atomic mass is 10.2. The molecule has 0 atom stereocenters. The van der Waals surface area contributed by atoms with Gasteiger partial charge < -0.3 is 20.6 Å². The van der Waals surface area contributed by atoms with E-state index >= 15 is 0 Å². The van der Waals surface area contributed by atoms with E-state index in [2.05, 4.69) is 20.5 Å². The van der Waals surface area contributed by atoms with Crippen molar-refractivity contribution in [1.82, 2.24) is 20.5 Å². The summed E-state index contributed by atoms with van der Waals surface area (Å²) in [6.45, 7) is 7.38. The largest absolute Gasteiger partial charge is 0.478 e. The van der Waals surface area contributed by atoms with Crippen molar-refractivity contribution >= 4 is 5.97 Å². The van der Waals surface area contributed by atoms with Crippen LogP contribution < -0.4 is 10.6 Å². The molecule has 0 spiro atoms. The highest BCUT2D eigenvalue weighted by Crippen LogP contribution is 2.06. The average molecular weight is 320 g/mol. The van der Waals surface area contributed by atoms with Gasteiger partial charge in [0.05, 0.1) is 11.3 Å². The molecule has 1 aromatic heterocycles. The first-order chi connectivity index (χ1) is 11.3. The molecule has 0 saturated carbocycles. The van der Waals surface area contributed by atoms with Crippen molar-refractivity contribution < 1.29 is 9.90 Å². The quantitative estimate of drug-likeness (QED) is 0.534. The van der Waals surface area contributed by atoms with Gasteiger partial charge in [0.2, 0.25) is 0 Å². The van der Waals surface area contributed by atoms with Crippen LogP contribution in [-0.2, 0) is 6.54 Å². The molecular formula is C17H28N4O2. The Morgan fingerprint density at radius 1 is 1.17 bits per heavy atom. The number of hydrogen-bond acceptors (Lipinski definition) is 5. The van der Waals surface area contributed by atoms with E-state index in [9.17, 15) is 4.79 Å². The Bertz CT molecular complexity index is 475. The van der Waals surface area contributed by atoms with Gasteiger partial charge >= 0.3 is 5.97 Å². The predicted molar refractivity (Wildman–Crippen MR) is 90.7 cm³/mol. The summed E-state index contributed by atoms with van der Waals surface area (Å²) in [6, 6.07) is 3.13. The molecule has 0 aliphatic carbocycles. The second-order valence-corrected chi connectivity index (χ2v) is 6.02. The van der Waals surface area contributed by atoms with Crippen molar-refractivity contribution in [3.8, 4) is 0 Å². The van der Waals surface area contributed by atoms with E-state index in [1.807, 2.05) is 0 Å². The molecule has 6 nitrogen and oxygen atoms in total. The summed E-state index contributed by atoms with van der Waals surface area (Å²) in [6.07, 6.45) is 6.55. The number of carboxylic acids is 1. The highest BCUT2D eigenvalue weighted by atomic mass is 16.4. The number of aromatic carboxylic acids is 1. The number of pyridine rings is 1. The average Bonchev–Trinajstić information content (AvgIpc) is 3.07. The van der Waals surface area contributed by atoms with Crippen molar-refractivity contribution in [2.75, 3.05) is 39.3 Å². The van der Waals surface area contributed by atoms with Crippen LogP contribution in [0.4, 0.5) is 0 Å². The van der Waals surface area contributed by atoms with Gasteiger partial charge in [-0.25, -0.2) is 4.79 Å². The second kappa shape index (κ2) is 10.3. The van der Waals surface area contributed by atoms with E-state index in [-0.39, 0.29) is 5.56 Å². The third-order valence-corrected chi connectivity index (χ3v) is 4.10. The van der Waals surface area contributed by atoms with Crippen LogP contribution in [0.3, 0.4) is 0 Å². The Morgan fingerprint density at radius 2 is 1.91 bits per heavy atom. The molecule has 0 radical (unpaired) electrons. The zero-order chi connectivity index (χ0) is 16.3. The summed E-state index contributed by atoms with van der Waals surface area (Å²) in [5.74, 6) is -0.910. The monoisotopic (exact) mass is 320 g/mol. The predicted octanol–water partition coefficient (Wildman–Crippen LogP) is 1.33. The van der Waals surface area contributed by atoms with Crippen molar-refractivity contribution in [1.29, 1.82) is 0 Å². The van der Waals surface area contributed by atoms with Crippen LogP contribution in [0.1, 0.15) is 41.7 Å². The third-order valence-electron chi connectivity index (χ3n) is 4.10. The molecule has 0 amide bonds. The minimum atomic E-state index is -0.910. The first kappa shape index (κ1) is 17.8. The fraction of sp³-hybridized carbons (Fsp3) is 0.647. The highest BCUT2D eigenvalue weighted by molar-refractivity contribution is 5.87. The minimum absolute atomic E-state index is 0.288. The third kappa shape index (κ3) is 7.07. The smallest absolute Gasteiger partial charge is 0.335 e. The standard InChI is InChI=1S/C17H28N4O2/c22-17(23)15-5-9-20-16(13-15)14-19-7-3-6-18-8-4-12-21-10-1-2-11-21/h5,9,13,18-19H,1-4,6-8,10-12,14H2,(H,22,23). The fourth-order valence-corrected chi connectivity index (χ4v) is 2.82. The molecule has 2 rings (SSSR count). The Kier molecular flexibility index (Phi) is 8.00. The Morgan fingerprint density at radius 3 is 2.70 bits per heavy atom. The van der Waals surface area contributed by atoms with Crippen LogP contribution in [0.5, 0.6) is 0 Å². The van der Waals surface area contributed by atoms with Crippen LogP contribution in [0.25, 0.3) is 0 Å². The molecule has 3 N–H and O–H groups in total. The van der Waals surface area contributed by atoms with Gasteiger partial charge in [0.1, 0.15) is 0 Å². The number of nitrogens with one attached hydrogen (secondary N) is 2. The van der Waals surface area contributed by atoms with E-state index in [0.717, 1.165) is 31.7 Å². The summed E-state index contributed by atoms with van der Waals surface area (Å²) in [7, 11) is 0. The topological polar surface area (TPSA) is 77.5 Å². The zero-order valence-electron chi connectivity index (χ0n) is 13.8. The molecule has 1 aliphatic heterocycles. The van der Waals surface area contributed by atoms with E-state index in [0.29, 0.717) is 6.54 Å². The SMILES string of the molecule is O=C(O)c1ccnc(CNCCCNCCCN2CCCC2)c1. The number of nitrogens with zero attached hydrogens (tertiary/aromatic N) is 2. The Labute approximate surface area is 138 Å². The van der Waals surface area contributed by atoms with Gasteiger partial charge in [-0.15, -0.1) is 0 Å². The summed E-state index contributed by atoms with van der Waals surface area (Å²) < 4.78 is 0. The fourth-order valence-electron chi connectivity index (χ4n) is 2.82. The van der Waals surface area contributed by atoms with E-state index in [1.54, 1.807) is 12.3 Å². The lowest BCUT2D eigenvalue weighted by Crippen LogP contribution is -2.26. The molecule has 0 bridgehead atoms. The van der Waals surface area contributed by atoms with Gasteiger partial charge in [0, 0.05) is 12.7 Å². The van der Waals surface area contributed by atoms with Gasteiger partial charge in [-0.2, -0.15) is 0 Å². The molecule has 2 heterocycles. The molecule has 128 valence electrons.